The van der Waals surface area contributed by atoms with Gasteiger partial charge in [-0.25, -0.2) is 0 Å². The van der Waals surface area contributed by atoms with Gasteiger partial charge in [-0.3, -0.25) is 5.32 Å². The first-order chi connectivity index (χ1) is 8.88. The zero-order chi connectivity index (χ0) is 12.6. The van der Waals surface area contributed by atoms with Crippen molar-refractivity contribution in [3.63, 3.8) is 0 Å². The van der Waals surface area contributed by atoms with Gasteiger partial charge in [0.25, 0.3) is 0 Å². The lowest BCUT2D eigenvalue weighted by atomic mass is 9.94. The van der Waals surface area contributed by atoms with E-state index in [1.54, 1.807) is 0 Å². The molecule has 0 aliphatic heterocycles. The van der Waals surface area contributed by atoms with Crippen molar-refractivity contribution in [3.8, 4) is 6.07 Å². The van der Waals surface area contributed by atoms with Crippen LogP contribution in [0.3, 0.4) is 0 Å². The van der Waals surface area contributed by atoms with Crippen LogP contribution in [0.25, 0.3) is 0 Å². The minimum Gasteiger partial charge on any atom is -0.298 e. The normalized spacial score (nSPS) is 16.7. The highest BCUT2D eigenvalue weighted by molar-refractivity contribution is 5.16. The van der Waals surface area contributed by atoms with Crippen molar-refractivity contribution in [2.45, 2.75) is 44.7 Å². The van der Waals surface area contributed by atoms with Crippen molar-refractivity contribution < 1.29 is 0 Å². The molecule has 0 aromatic heterocycles. The van der Waals surface area contributed by atoms with Crippen LogP contribution >= 0.6 is 0 Å². The van der Waals surface area contributed by atoms with E-state index in [2.05, 4.69) is 29.6 Å². The van der Waals surface area contributed by atoms with Crippen molar-refractivity contribution in [1.29, 1.82) is 5.26 Å². The van der Waals surface area contributed by atoms with E-state index >= 15 is 0 Å². The molecule has 0 bridgehead atoms. The Balaban J connectivity index is 1.82. The van der Waals surface area contributed by atoms with Gasteiger partial charge >= 0.3 is 0 Å². The van der Waals surface area contributed by atoms with E-state index in [0.717, 1.165) is 13.0 Å². The third kappa shape index (κ3) is 4.01. The van der Waals surface area contributed by atoms with E-state index in [0.29, 0.717) is 0 Å². The molecule has 2 nitrogen and oxygen atoms in total. The number of nitriles is 1. The van der Waals surface area contributed by atoms with Crippen LogP contribution in [0.2, 0.25) is 0 Å². The standard InChI is InChI=1S/C16H20N2/c17-12-16(11-14-7-3-1-4-8-14)18-13-15-9-5-2-6-10-15/h2,5-7,9-10,16,18H,1,3-4,8,11,13H2. The summed E-state index contributed by atoms with van der Waals surface area (Å²) < 4.78 is 0. The molecule has 1 aromatic rings. The van der Waals surface area contributed by atoms with Crippen LogP contribution < -0.4 is 5.32 Å². The highest BCUT2D eigenvalue weighted by Gasteiger charge is 2.11. The number of allylic oxidation sites excluding steroid dienone is 1. The lowest BCUT2D eigenvalue weighted by molar-refractivity contribution is 0.570. The third-order valence-corrected chi connectivity index (χ3v) is 3.40. The molecule has 0 fully saturated rings. The van der Waals surface area contributed by atoms with Crippen molar-refractivity contribution in [2.24, 2.45) is 0 Å². The summed E-state index contributed by atoms with van der Waals surface area (Å²) in [5, 5.41) is 12.5. The lowest BCUT2D eigenvalue weighted by Gasteiger charge is -2.17. The van der Waals surface area contributed by atoms with Gasteiger partial charge in [0.1, 0.15) is 0 Å². The fourth-order valence-electron chi connectivity index (χ4n) is 2.35. The molecule has 1 N–H and O–H groups in total. The Kier molecular flexibility index (Phi) is 4.99. The molecule has 2 heteroatoms. The van der Waals surface area contributed by atoms with Gasteiger partial charge < -0.3 is 0 Å². The summed E-state index contributed by atoms with van der Waals surface area (Å²) in [4.78, 5) is 0. The Morgan fingerprint density at radius 3 is 2.72 bits per heavy atom. The van der Waals surface area contributed by atoms with E-state index in [1.165, 1.54) is 36.8 Å². The smallest absolute Gasteiger partial charge is 0.0993 e. The van der Waals surface area contributed by atoms with E-state index in [4.69, 9.17) is 0 Å². The lowest BCUT2D eigenvalue weighted by Crippen LogP contribution is -2.27. The quantitative estimate of drug-likeness (QED) is 0.799. The number of hydrogen-bond acceptors (Lipinski definition) is 2. The minimum atomic E-state index is -0.0606. The maximum atomic E-state index is 9.19. The Labute approximate surface area is 109 Å². The molecule has 0 radical (unpaired) electrons. The maximum Gasteiger partial charge on any atom is 0.0993 e. The predicted molar refractivity (Wildman–Crippen MR) is 73.9 cm³/mol. The molecular weight excluding hydrogens is 220 g/mol. The summed E-state index contributed by atoms with van der Waals surface area (Å²) in [5.41, 5.74) is 2.68. The second-order valence-electron chi connectivity index (χ2n) is 4.86. The summed E-state index contributed by atoms with van der Waals surface area (Å²) in [5.74, 6) is 0. The summed E-state index contributed by atoms with van der Waals surface area (Å²) in [6.07, 6.45) is 8.14. The van der Waals surface area contributed by atoms with Gasteiger partial charge in [-0.2, -0.15) is 5.26 Å². The Morgan fingerprint density at radius 2 is 2.06 bits per heavy atom. The van der Waals surface area contributed by atoms with Crippen molar-refractivity contribution in [3.05, 3.63) is 47.5 Å². The molecule has 18 heavy (non-hydrogen) atoms. The molecular formula is C16H20N2. The van der Waals surface area contributed by atoms with E-state index < -0.39 is 0 Å². The molecule has 0 heterocycles. The number of rotatable bonds is 5. The van der Waals surface area contributed by atoms with Crippen LogP contribution in [0.1, 0.15) is 37.7 Å². The predicted octanol–water partition coefficient (Wildman–Crippen LogP) is 3.56. The fraction of sp³-hybridized carbons (Fsp3) is 0.438. The molecule has 0 saturated carbocycles. The summed E-state index contributed by atoms with van der Waals surface area (Å²) >= 11 is 0. The molecule has 1 aromatic carbocycles. The summed E-state index contributed by atoms with van der Waals surface area (Å²) in [6.45, 7) is 0.770. The van der Waals surface area contributed by atoms with Gasteiger partial charge in [-0.05, 0) is 37.7 Å². The fourth-order valence-corrected chi connectivity index (χ4v) is 2.35. The molecule has 1 aliphatic carbocycles. The third-order valence-electron chi connectivity index (χ3n) is 3.40. The molecule has 1 unspecified atom stereocenters. The number of nitrogens with zero attached hydrogens (tertiary/aromatic N) is 1. The first kappa shape index (κ1) is 12.9. The molecule has 0 spiro atoms. The average molecular weight is 240 g/mol. The second kappa shape index (κ2) is 6.98. The Hall–Kier alpha value is -1.59. The SMILES string of the molecule is N#CC(CC1=CCCCC1)NCc1ccccc1. The molecule has 0 amide bonds. The first-order valence-electron chi connectivity index (χ1n) is 6.73. The zero-order valence-electron chi connectivity index (χ0n) is 10.7. The van der Waals surface area contributed by atoms with Crippen molar-refractivity contribution in [2.75, 3.05) is 0 Å². The molecule has 1 atom stereocenters. The van der Waals surface area contributed by atoms with Gasteiger partial charge in [-0.1, -0.05) is 42.0 Å². The monoisotopic (exact) mass is 240 g/mol. The van der Waals surface area contributed by atoms with Crippen molar-refractivity contribution >= 4 is 0 Å². The van der Waals surface area contributed by atoms with Gasteiger partial charge in [0, 0.05) is 6.54 Å². The van der Waals surface area contributed by atoms with Gasteiger partial charge in [0.15, 0.2) is 0 Å². The highest BCUT2D eigenvalue weighted by atomic mass is 14.9. The molecule has 2 rings (SSSR count). The van der Waals surface area contributed by atoms with Crippen LogP contribution in [0.4, 0.5) is 0 Å². The minimum absolute atomic E-state index is 0.0606. The number of benzene rings is 1. The van der Waals surface area contributed by atoms with Crippen LogP contribution in [-0.4, -0.2) is 6.04 Å². The van der Waals surface area contributed by atoms with Gasteiger partial charge in [0.2, 0.25) is 0 Å². The largest absolute Gasteiger partial charge is 0.298 e. The van der Waals surface area contributed by atoms with Crippen LogP contribution in [0.15, 0.2) is 42.0 Å². The van der Waals surface area contributed by atoms with Crippen molar-refractivity contribution in [1.82, 2.24) is 5.32 Å². The Morgan fingerprint density at radius 1 is 1.22 bits per heavy atom. The topological polar surface area (TPSA) is 35.8 Å². The number of nitrogens with one attached hydrogen (secondary N) is 1. The van der Waals surface area contributed by atoms with E-state index in [1.807, 2.05) is 18.2 Å². The second-order valence-corrected chi connectivity index (χ2v) is 4.86. The Bertz CT molecular complexity index is 428. The number of hydrogen-bond donors (Lipinski definition) is 1. The van der Waals surface area contributed by atoms with E-state index in [9.17, 15) is 5.26 Å². The zero-order valence-corrected chi connectivity index (χ0v) is 10.7. The van der Waals surface area contributed by atoms with E-state index in [-0.39, 0.29) is 6.04 Å². The van der Waals surface area contributed by atoms with Crippen LogP contribution in [0.5, 0.6) is 0 Å². The van der Waals surface area contributed by atoms with Crippen LogP contribution in [-0.2, 0) is 6.54 Å². The van der Waals surface area contributed by atoms with Crippen LogP contribution in [0, 0.1) is 11.3 Å². The average Bonchev–Trinajstić information content (AvgIpc) is 2.45. The molecule has 0 saturated heterocycles. The molecule has 1 aliphatic rings. The van der Waals surface area contributed by atoms with Gasteiger partial charge in [-0.15, -0.1) is 0 Å². The maximum absolute atomic E-state index is 9.19. The highest BCUT2D eigenvalue weighted by Crippen LogP contribution is 2.21. The van der Waals surface area contributed by atoms with Gasteiger partial charge in [0.05, 0.1) is 12.1 Å². The summed E-state index contributed by atoms with van der Waals surface area (Å²) in [7, 11) is 0. The molecule has 94 valence electrons. The first-order valence-corrected chi connectivity index (χ1v) is 6.73. The summed E-state index contributed by atoms with van der Waals surface area (Å²) in [6, 6.07) is 12.5.